The van der Waals surface area contributed by atoms with Gasteiger partial charge in [0.2, 0.25) is 10.0 Å². The molecule has 1 heterocycles. The molecule has 6 nitrogen and oxygen atoms in total. The van der Waals surface area contributed by atoms with Crippen molar-refractivity contribution in [1.82, 2.24) is 9.84 Å². The molecule has 0 atom stereocenters. The van der Waals surface area contributed by atoms with Gasteiger partial charge in [-0.3, -0.25) is 0 Å². The highest BCUT2D eigenvalue weighted by atomic mass is 32.2. The summed E-state index contributed by atoms with van der Waals surface area (Å²) in [6.45, 7) is 2.28. The lowest BCUT2D eigenvalue weighted by atomic mass is 10.3. The molecule has 0 radical (unpaired) electrons. The molecule has 0 unspecified atom stereocenters. The van der Waals surface area contributed by atoms with Gasteiger partial charge in [0.25, 0.3) is 0 Å². The Morgan fingerprint density at radius 1 is 1.35 bits per heavy atom. The average molecular weight is 317 g/mol. The summed E-state index contributed by atoms with van der Waals surface area (Å²) in [4.78, 5) is 3.56. The van der Waals surface area contributed by atoms with Crippen LogP contribution in [0.5, 0.6) is 0 Å². The van der Waals surface area contributed by atoms with E-state index in [2.05, 4.69) is 4.83 Å². The molecule has 1 fully saturated rings. The fraction of sp³-hybridized carbons (Fsp3) is 0.500. The van der Waals surface area contributed by atoms with E-state index >= 15 is 0 Å². The van der Waals surface area contributed by atoms with E-state index in [1.54, 1.807) is 11.1 Å². The summed E-state index contributed by atoms with van der Waals surface area (Å²) in [6.07, 6.45) is 0. The molecular weight excluding hydrogens is 298 g/mol. The molecule has 0 spiro atoms. The maximum atomic E-state index is 11.9. The minimum Gasteiger partial charge on any atom is -0.399 e. The van der Waals surface area contributed by atoms with Crippen LogP contribution in [0.2, 0.25) is 0 Å². The minimum absolute atomic E-state index is 0.0732. The van der Waals surface area contributed by atoms with Crippen molar-refractivity contribution in [3.05, 3.63) is 24.3 Å². The van der Waals surface area contributed by atoms with Crippen molar-refractivity contribution < 1.29 is 13.2 Å². The molecule has 112 valence electrons. The van der Waals surface area contributed by atoms with Crippen LogP contribution in [0.3, 0.4) is 0 Å². The Kier molecular flexibility index (Phi) is 5.67. The first kappa shape index (κ1) is 15.6. The third-order valence-electron chi connectivity index (χ3n) is 2.76. The number of nitrogens with one attached hydrogen (secondary N) is 1. The molecule has 0 bridgehead atoms. The number of thioether (sulfide) groups is 1. The number of hydrogen-bond donors (Lipinski definition) is 2. The van der Waals surface area contributed by atoms with Crippen LogP contribution >= 0.6 is 11.8 Å². The fourth-order valence-corrected chi connectivity index (χ4v) is 4.28. The highest BCUT2D eigenvalue weighted by Gasteiger charge is 2.17. The smallest absolute Gasteiger partial charge is 0.225 e. The first-order valence-electron chi connectivity index (χ1n) is 6.36. The van der Waals surface area contributed by atoms with Crippen LogP contribution in [0.1, 0.15) is 0 Å². The molecule has 8 heteroatoms. The first-order chi connectivity index (χ1) is 9.55. The summed E-state index contributed by atoms with van der Waals surface area (Å²) in [5.41, 5.74) is 6.36. The van der Waals surface area contributed by atoms with E-state index in [1.165, 1.54) is 11.8 Å². The van der Waals surface area contributed by atoms with Crippen LogP contribution in [0.4, 0.5) is 5.69 Å². The summed E-state index contributed by atoms with van der Waals surface area (Å²) < 4.78 is 29.0. The van der Waals surface area contributed by atoms with Gasteiger partial charge in [0, 0.05) is 29.4 Å². The van der Waals surface area contributed by atoms with Gasteiger partial charge in [-0.05, 0) is 18.2 Å². The second-order valence-electron chi connectivity index (χ2n) is 4.43. The van der Waals surface area contributed by atoms with Crippen LogP contribution < -0.4 is 10.6 Å². The molecule has 3 N–H and O–H groups in total. The van der Waals surface area contributed by atoms with Crippen LogP contribution in [0, 0.1) is 0 Å². The van der Waals surface area contributed by atoms with Crippen molar-refractivity contribution in [2.75, 3.05) is 43.5 Å². The number of nitrogen functional groups attached to an aromatic ring is 1. The van der Waals surface area contributed by atoms with Gasteiger partial charge in [-0.2, -0.15) is 0 Å². The predicted molar refractivity (Wildman–Crippen MR) is 80.9 cm³/mol. The average Bonchev–Trinajstić information content (AvgIpc) is 2.39. The van der Waals surface area contributed by atoms with Gasteiger partial charge in [0.1, 0.15) is 0 Å². The van der Waals surface area contributed by atoms with E-state index in [4.69, 9.17) is 10.5 Å². The van der Waals surface area contributed by atoms with Gasteiger partial charge < -0.3 is 10.5 Å². The van der Waals surface area contributed by atoms with Crippen LogP contribution in [-0.2, 0) is 14.8 Å². The molecule has 1 aliphatic heterocycles. The third kappa shape index (κ3) is 5.29. The lowest BCUT2D eigenvalue weighted by molar-refractivity contribution is 0.0272. The van der Waals surface area contributed by atoms with Crippen molar-refractivity contribution in [3.8, 4) is 0 Å². The van der Waals surface area contributed by atoms with Crippen molar-refractivity contribution in [2.24, 2.45) is 0 Å². The maximum Gasteiger partial charge on any atom is 0.225 e. The highest BCUT2D eigenvalue weighted by Crippen LogP contribution is 2.20. The van der Waals surface area contributed by atoms with Gasteiger partial charge in [0.05, 0.1) is 19.0 Å². The maximum absolute atomic E-state index is 11.9. The third-order valence-corrected chi connectivity index (χ3v) is 5.29. The number of nitrogens with two attached hydrogens (primary N) is 1. The topological polar surface area (TPSA) is 84.7 Å². The Morgan fingerprint density at radius 2 is 2.10 bits per heavy atom. The lowest BCUT2D eigenvalue weighted by Gasteiger charge is -2.26. The molecule has 0 amide bonds. The summed E-state index contributed by atoms with van der Waals surface area (Å²) in [7, 11) is -3.29. The quantitative estimate of drug-likeness (QED) is 0.588. The predicted octanol–water partition coefficient (Wildman–Crippen LogP) is 0.527. The van der Waals surface area contributed by atoms with Gasteiger partial charge >= 0.3 is 0 Å². The van der Waals surface area contributed by atoms with Crippen LogP contribution in [0.25, 0.3) is 0 Å². The zero-order chi connectivity index (χ0) is 14.4. The highest BCUT2D eigenvalue weighted by molar-refractivity contribution is 8.00. The summed E-state index contributed by atoms with van der Waals surface area (Å²) >= 11 is 1.48. The summed E-state index contributed by atoms with van der Waals surface area (Å²) in [6, 6.07) is 7.43. The second-order valence-corrected chi connectivity index (χ2v) is 7.42. The number of sulfonamides is 1. The second kappa shape index (κ2) is 7.28. The molecule has 0 aromatic heterocycles. The Hall–Kier alpha value is -0.800. The molecule has 2 rings (SSSR count). The van der Waals surface area contributed by atoms with Crippen LogP contribution in [0.15, 0.2) is 29.2 Å². The van der Waals surface area contributed by atoms with E-state index in [0.29, 0.717) is 37.7 Å². The monoisotopic (exact) mass is 317 g/mol. The van der Waals surface area contributed by atoms with E-state index < -0.39 is 10.0 Å². The van der Waals surface area contributed by atoms with Gasteiger partial charge in [-0.1, -0.05) is 6.07 Å². The molecule has 1 aliphatic rings. The van der Waals surface area contributed by atoms with Gasteiger partial charge in [-0.15, -0.1) is 16.6 Å². The van der Waals surface area contributed by atoms with Crippen molar-refractivity contribution in [3.63, 3.8) is 0 Å². The summed E-state index contributed by atoms with van der Waals surface area (Å²) in [5, 5.41) is 1.68. The molecule has 1 aromatic rings. The van der Waals surface area contributed by atoms with Crippen molar-refractivity contribution >= 4 is 27.5 Å². The SMILES string of the molecule is Nc1cccc(SCCS(=O)(=O)NN2CCOCC2)c1. The molecule has 20 heavy (non-hydrogen) atoms. The number of benzene rings is 1. The standard InChI is InChI=1S/C12H19N3O3S2/c13-11-2-1-3-12(10-11)19-8-9-20(16,17)14-15-4-6-18-7-5-15/h1-3,10,14H,4-9,13H2. The van der Waals surface area contributed by atoms with E-state index in [9.17, 15) is 8.42 Å². The Balaban J connectivity index is 1.77. The molecule has 0 aliphatic carbocycles. The number of nitrogens with zero attached hydrogens (tertiary/aromatic N) is 1. The Bertz CT molecular complexity index is 531. The number of hydrazine groups is 1. The summed E-state index contributed by atoms with van der Waals surface area (Å²) in [5.74, 6) is 0.562. The fourth-order valence-electron chi connectivity index (χ4n) is 1.77. The normalized spacial score (nSPS) is 17.2. The molecule has 1 aromatic carbocycles. The van der Waals surface area contributed by atoms with Crippen molar-refractivity contribution in [1.29, 1.82) is 0 Å². The Morgan fingerprint density at radius 3 is 2.80 bits per heavy atom. The van der Waals surface area contributed by atoms with Gasteiger partial charge in [0.15, 0.2) is 0 Å². The number of ether oxygens (including phenoxy) is 1. The van der Waals surface area contributed by atoms with E-state index in [0.717, 1.165) is 4.90 Å². The van der Waals surface area contributed by atoms with Gasteiger partial charge in [-0.25, -0.2) is 13.4 Å². The largest absolute Gasteiger partial charge is 0.399 e. The number of morpholine rings is 1. The van der Waals surface area contributed by atoms with Crippen molar-refractivity contribution in [2.45, 2.75) is 4.90 Å². The first-order valence-corrected chi connectivity index (χ1v) is 9.00. The lowest BCUT2D eigenvalue weighted by Crippen LogP contribution is -2.49. The molecule has 0 saturated carbocycles. The molecular formula is C12H19N3O3S2. The zero-order valence-corrected chi connectivity index (χ0v) is 12.8. The minimum atomic E-state index is -3.29. The number of hydrogen-bond acceptors (Lipinski definition) is 6. The number of anilines is 1. The zero-order valence-electron chi connectivity index (χ0n) is 11.1. The van der Waals surface area contributed by atoms with Crippen LogP contribution in [-0.4, -0.2) is 51.2 Å². The van der Waals surface area contributed by atoms with E-state index in [1.807, 2.05) is 18.2 Å². The molecule has 1 saturated heterocycles. The Labute approximate surface area is 123 Å². The number of rotatable bonds is 6. The van der Waals surface area contributed by atoms with E-state index in [-0.39, 0.29) is 5.75 Å².